The fourth-order valence-corrected chi connectivity index (χ4v) is 3.13. The maximum atomic E-state index is 12.4. The van der Waals surface area contributed by atoms with Crippen LogP contribution in [0.25, 0.3) is 0 Å². The van der Waals surface area contributed by atoms with Crippen molar-refractivity contribution < 1.29 is 14.3 Å². The summed E-state index contributed by atoms with van der Waals surface area (Å²) in [5.41, 5.74) is 3.99. The Morgan fingerprint density at radius 1 is 1.40 bits per heavy atom. The number of aromatic nitrogens is 1. The number of nitrogens with two attached hydrogens (primary N) is 1. The lowest BCUT2D eigenvalue weighted by Gasteiger charge is -2.33. The molecular weight excluding hydrogens is 324 g/mol. The Hall–Kier alpha value is -2.78. The quantitative estimate of drug-likeness (QED) is 0.394. The highest BCUT2D eigenvalue weighted by atomic mass is 16.5. The third kappa shape index (κ3) is 2.67. The lowest BCUT2D eigenvalue weighted by molar-refractivity contribution is -0.117. The topological polar surface area (TPSA) is 107 Å². The molecule has 1 saturated heterocycles. The van der Waals surface area contributed by atoms with Gasteiger partial charge in [0.05, 0.1) is 6.54 Å². The molecule has 0 bridgehead atoms. The number of anilines is 1. The van der Waals surface area contributed by atoms with E-state index in [9.17, 15) is 9.59 Å². The number of allylic oxidation sites excluding steroid dienone is 1. The minimum atomic E-state index is -0.430. The van der Waals surface area contributed by atoms with Crippen LogP contribution >= 0.6 is 0 Å². The molecule has 1 unspecified atom stereocenters. The number of rotatable bonds is 4. The molecular formula is C16H20N6O3. The maximum Gasteiger partial charge on any atom is 0.270 e. The van der Waals surface area contributed by atoms with Crippen molar-refractivity contribution in [3.63, 3.8) is 0 Å². The van der Waals surface area contributed by atoms with Crippen molar-refractivity contribution in [3.05, 3.63) is 35.8 Å². The van der Waals surface area contributed by atoms with Crippen molar-refractivity contribution in [3.8, 4) is 5.75 Å². The molecule has 0 aliphatic carbocycles. The molecule has 3 aliphatic heterocycles. The number of nitrogens with zero attached hydrogens (tertiary/aromatic N) is 3. The summed E-state index contributed by atoms with van der Waals surface area (Å²) in [7, 11) is 0. The molecule has 25 heavy (non-hydrogen) atoms. The monoisotopic (exact) mass is 344 g/mol. The number of hydrogen-bond donors (Lipinski definition) is 3. The zero-order chi connectivity index (χ0) is 17.4. The van der Waals surface area contributed by atoms with Gasteiger partial charge in [0.1, 0.15) is 18.5 Å². The Labute approximate surface area is 144 Å². The molecule has 4 heterocycles. The molecule has 4 N–H and O–H groups in total. The van der Waals surface area contributed by atoms with Gasteiger partial charge in [-0.3, -0.25) is 15.4 Å². The van der Waals surface area contributed by atoms with E-state index in [4.69, 9.17) is 10.6 Å². The Balaban J connectivity index is 1.62. The fourth-order valence-electron chi connectivity index (χ4n) is 3.13. The first-order chi connectivity index (χ1) is 12.2. The summed E-state index contributed by atoms with van der Waals surface area (Å²) >= 11 is 0. The minimum Gasteiger partial charge on any atom is -0.488 e. The van der Waals surface area contributed by atoms with Crippen LogP contribution in [0, 0.1) is 0 Å². The number of aromatic amines is 1. The van der Waals surface area contributed by atoms with E-state index < -0.39 is 6.17 Å². The van der Waals surface area contributed by atoms with Crippen molar-refractivity contribution >= 4 is 18.1 Å². The molecule has 3 aliphatic rings. The van der Waals surface area contributed by atoms with Crippen LogP contribution in [-0.2, 0) is 4.79 Å². The van der Waals surface area contributed by atoms with Crippen LogP contribution in [0.3, 0.4) is 0 Å². The molecule has 1 fully saturated rings. The number of amides is 2. The van der Waals surface area contributed by atoms with Crippen molar-refractivity contribution in [2.45, 2.75) is 12.6 Å². The van der Waals surface area contributed by atoms with Gasteiger partial charge in [0.15, 0.2) is 11.6 Å². The molecule has 0 spiro atoms. The molecule has 4 rings (SSSR count). The summed E-state index contributed by atoms with van der Waals surface area (Å²) in [6.45, 7) is 2.73. The molecule has 0 radical (unpaired) electrons. The molecule has 0 aromatic carbocycles. The highest BCUT2D eigenvalue weighted by molar-refractivity contribution is 5.94. The number of nitrogens with one attached hydrogen (secondary N) is 2. The van der Waals surface area contributed by atoms with Gasteiger partial charge < -0.3 is 24.4 Å². The maximum absolute atomic E-state index is 12.4. The molecule has 1 aromatic heterocycles. The number of likely N-dealkylation sites (tertiary alicyclic amines) is 1. The molecule has 1 atom stereocenters. The van der Waals surface area contributed by atoms with Gasteiger partial charge in [0, 0.05) is 31.1 Å². The Morgan fingerprint density at radius 3 is 2.92 bits per heavy atom. The van der Waals surface area contributed by atoms with E-state index in [1.807, 2.05) is 17.1 Å². The first-order valence-electron chi connectivity index (χ1n) is 8.23. The van der Waals surface area contributed by atoms with E-state index in [0.717, 1.165) is 31.0 Å². The van der Waals surface area contributed by atoms with E-state index in [-0.39, 0.29) is 5.91 Å². The van der Waals surface area contributed by atoms with Gasteiger partial charge in [-0.1, -0.05) is 0 Å². The Bertz CT molecular complexity index is 751. The second-order valence-electron chi connectivity index (χ2n) is 6.11. The first kappa shape index (κ1) is 15.7. The first-order valence-corrected chi connectivity index (χ1v) is 8.23. The summed E-state index contributed by atoms with van der Waals surface area (Å²) in [5.74, 6) is 6.91. The second-order valence-corrected chi connectivity index (χ2v) is 6.11. The van der Waals surface area contributed by atoms with Crippen molar-refractivity contribution in [2.75, 3.05) is 31.1 Å². The van der Waals surface area contributed by atoms with Crippen molar-refractivity contribution in [1.82, 2.24) is 20.2 Å². The van der Waals surface area contributed by atoms with E-state index >= 15 is 0 Å². The third-order valence-electron chi connectivity index (χ3n) is 4.65. The summed E-state index contributed by atoms with van der Waals surface area (Å²) in [5, 5.41) is 0. The average Bonchev–Trinajstić information content (AvgIpc) is 3.03. The van der Waals surface area contributed by atoms with Crippen LogP contribution in [0.15, 0.2) is 30.1 Å². The van der Waals surface area contributed by atoms with Gasteiger partial charge in [-0.25, -0.2) is 5.43 Å². The molecule has 2 amide bonds. The number of hydrogen-bond acceptors (Lipinski definition) is 6. The van der Waals surface area contributed by atoms with Gasteiger partial charge in [0.25, 0.3) is 5.91 Å². The molecule has 0 saturated carbocycles. The van der Waals surface area contributed by atoms with Crippen molar-refractivity contribution in [2.24, 2.45) is 5.84 Å². The van der Waals surface area contributed by atoms with Gasteiger partial charge in [-0.15, -0.1) is 0 Å². The van der Waals surface area contributed by atoms with Crippen LogP contribution in [0.2, 0.25) is 0 Å². The average molecular weight is 344 g/mol. The van der Waals surface area contributed by atoms with Gasteiger partial charge in [-0.2, -0.15) is 0 Å². The number of H-pyrrole nitrogens is 1. The van der Waals surface area contributed by atoms with E-state index in [1.165, 1.54) is 4.90 Å². The van der Waals surface area contributed by atoms with E-state index in [2.05, 4.69) is 10.4 Å². The van der Waals surface area contributed by atoms with Crippen LogP contribution in [-0.4, -0.2) is 59.5 Å². The predicted octanol–water partition coefficient (Wildman–Crippen LogP) is -0.282. The predicted molar refractivity (Wildman–Crippen MR) is 90.4 cm³/mol. The highest BCUT2D eigenvalue weighted by Gasteiger charge is 2.29. The SMILES string of the molecule is NNC1C=C(N2CCOc3cc(C(=O)N4CCC4)[nH]c32)C=CN1C=O. The lowest BCUT2D eigenvalue weighted by atomic mass is 10.2. The van der Waals surface area contributed by atoms with Crippen LogP contribution < -0.4 is 20.9 Å². The number of carbonyl (C=O) groups excluding carboxylic acids is 2. The summed E-state index contributed by atoms with van der Waals surface area (Å²) in [6, 6.07) is 1.76. The highest BCUT2D eigenvalue weighted by Crippen LogP contribution is 2.35. The molecule has 1 aromatic rings. The number of ether oxygens (including phenoxy) is 1. The normalized spacial score (nSPS) is 22.0. The smallest absolute Gasteiger partial charge is 0.270 e. The number of fused-ring (bicyclic) bond motifs is 1. The van der Waals surface area contributed by atoms with Gasteiger partial charge in [-0.05, 0) is 18.6 Å². The van der Waals surface area contributed by atoms with Crippen LogP contribution in [0.1, 0.15) is 16.9 Å². The van der Waals surface area contributed by atoms with E-state index in [1.54, 1.807) is 17.2 Å². The molecule has 9 nitrogen and oxygen atoms in total. The standard InChI is InChI=1S/C16H20N6O3/c17-19-14-8-11(2-5-21(14)10-23)22-6-7-25-13-9-12(18-15(13)22)16(24)20-3-1-4-20/h2,5,8-10,14,18-19H,1,3-4,6-7,17H2. The van der Waals surface area contributed by atoms with Crippen LogP contribution in [0.5, 0.6) is 5.75 Å². The van der Waals surface area contributed by atoms with Gasteiger partial charge >= 0.3 is 0 Å². The lowest BCUT2D eigenvalue weighted by Crippen LogP contribution is -2.47. The number of hydrazine groups is 1. The number of carbonyl (C=O) groups is 2. The fraction of sp³-hybridized carbons (Fsp3) is 0.375. The summed E-state index contributed by atoms with van der Waals surface area (Å²) < 4.78 is 5.70. The second kappa shape index (κ2) is 6.26. The Morgan fingerprint density at radius 2 is 2.24 bits per heavy atom. The molecule has 9 heteroatoms. The Kier molecular flexibility index (Phi) is 3.94. The van der Waals surface area contributed by atoms with Crippen molar-refractivity contribution in [1.29, 1.82) is 0 Å². The zero-order valence-electron chi connectivity index (χ0n) is 13.6. The van der Waals surface area contributed by atoms with Crippen LogP contribution in [0.4, 0.5) is 5.82 Å². The summed E-state index contributed by atoms with van der Waals surface area (Å²) in [6.07, 6.45) is 6.67. The van der Waals surface area contributed by atoms with Gasteiger partial charge in [0.2, 0.25) is 6.41 Å². The minimum absolute atomic E-state index is 0.00834. The largest absolute Gasteiger partial charge is 0.488 e. The van der Waals surface area contributed by atoms with E-state index in [0.29, 0.717) is 31.0 Å². The summed E-state index contributed by atoms with van der Waals surface area (Å²) in [4.78, 5) is 31.9. The third-order valence-corrected chi connectivity index (χ3v) is 4.65. The zero-order valence-corrected chi connectivity index (χ0v) is 13.6. The molecule has 132 valence electrons.